The molecule has 3 aliphatic heterocycles. The molecule has 5 nitrogen and oxygen atoms in total. The highest BCUT2D eigenvalue weighted by Gasteiger charge is 2.67. The molecule has 2 aromatic rings. The standard InChI is InChI=1S/C21H17NO4/c23-12-21-11-10-16(26-21)17-18(21)20(25)22(19(17)24)15-8-6-14(7-9-15)13-4-2-1-3-5-13/h1-11,16-18,23H,12H2/t16-,17-,18-,21-/m0/s1. The molecule has 2 aromatic carbocycles. The summed E-state index contributed by atoms with van der Waals surface area (Å²) in [4.78, 5) is 27.1. The minimum absolute atomic E-state index is 0.253. The van der Waals surface area contributed by atoms with Crippen LogP contribution in [0.4, 0.5) is 5.69 Å². The Hall–Kier alpha value is -2.76. The lowest BCUT2D eigenvalue weighted by atomic mass is 9.77. The summed E-state index contributed by atoms with van der Waals surface area (Å²) in [6.07, 6.45) is 3.08. The molecule has 3 aliphatic rings. The minimum Gasteiger partial charge on any atom is -0.393 e. The predicted octanol–water partition coefficient (Wildman–Crippen LogP) is 2.16. The summed E-state index contributed by atoms with van der Waals surface area (Å²) >= 11 is 0. The fraction of sp³-hybridized carbons (Fsp3) is 0.238. The second-order valence-electron chi connectivity index (χ2n) is 6.98. The zero-order chi connectivity index (χ0) is 17.9. The molecule has 0 saturated carbocycles. The highest BCUT2D eigenvalue weighted by molar-refractivity contribution is 6.23. The fourth-order valence-electron chi connectivity index (χ4n) is 4.37. The van der Waals surface area contributed by atoms with Gasteiger partial charge in [0.05, 0.1) is 30.2 Å². The quantitative estimate of drug-likeness (QED) is 0.682. The van der Waals surface area contributed by atoms with Gasteiger partial charge in [-0.3, -0.25) is 9.59 Å². The molecule has 5 rings (SSSR count). The number of aliphatic hydroxyl groups is 1. The lowest BCUT2D eigenvalue weighted by Gasteiger charge is -2.26. The Morgan fingerprint density at radius 3 is 2.35 bits per heavy atom. The number of hydrogen-bond acceptors (Lipinski definition) is 4. The van der Waals surface area contributed by atoms with Crippen LogP contribution >= 0.6 is 0 Å². The van der Waals surface area contributed by atoms with Gasteiger partial charge in [0, 0.05) is 0 Å². The van der Waals surface area contributed by atoms with E-state index in [9.17, 15) is 14.7 Å². The molecule has 0 aliphatic carbocycles. The largest absolute Gasteiger partial charge is 0.393 e. The van der Waals surface area contributed by atoms with E-state index in [1.165, 1.54) is 4.90 Å². The molecule has 130 valence electrons. The Balaban J connectivity index is 1.49. The third-order valence-electron chi connectivity index (χ3n) is 5.63. The first-order valence-corrected chi connectivity index (χ1v) is 8.66. The van der Waals surface area contributed by atoms with E-state index in [-0.39, 0.29) is 18.4 Å². The van der Waals surface area contributed by atoms with Crippen molar-refractivity contribution in [2.75, 3.05) is 11.5 Å². The van der Waals surface area contributed by atoms with Gasteiger partial charge in [-0.05, 0) is 23.3 Å². The van der Waals surface area contributed by atoms with Crippen molar-refractivity contribution < 1.29 is 19.4 Å². The van der Waals surface area contributed by atoms with E-state index in [1.807, 2.05) is 42.5 Å². The van der Waals surface area contributed by atoms with Gasteiger partial charge in [0.1, 0.15) is 5.60 Å². The van der Waals surface area contributed by atoms with Gasteiger partial charge < -0.3 is 9.84 Å². The van der Waals surface area contributed by atoms with Gasteiger partial charge in [-0.1, -0.05) is 54.6 Å². The number of benzene rings is 2. The number of rotatable bonds is 3. The lowest BCUT2D eigenvalue weighted by Crippen LogP contribution is -2.43. The van der Waals surface area contributed by atoms with Gasteiger partial charge in [0.2, 0.25) is 11.8 Å². The fourth-order valence-corrected chi connectivity index (χ4v) is 4.37. The van der Waals surface area contributed by atoms with Crippen LogP contribution in [-0.4, -0.2) is 35.2 Å². The first-order chi connectivity index (χ1) is 12.6. The topological polar surface area (TPSA) is 66.8 Å². The molecule has 5 heteroatoms. The van der Waals surface area contributed by atoms with Crippen molar-refractivity contribution in [2.24, 2.45) is 11.8 Å². The van der Waals surface area contributed by atoms with Gasteiger partial charge in [0.15, 0.2) is 0 Å². The van der Waals surface area contributed by atoms with Crippen molar-refractivity contribution >= 4 is 17.5 Å². The monoisotopic (exact) mass is 347 g/mol. The number of amides is 2. The van der Waals surface area contributed by atoms with E-state index in [4.69, 9.17) is 4.74 Å². The molecule has 2 saturated heterocycles. The molecule has 2 bridgehead atoms. The van der Waals surface area contributed by atoms with Gasteiger partial charge in [-0.25, -0.2) is 4.90 Å². The van der Waals surface area contributed by atoms with Crippen LogP contribution in [-0.2, 0) is 14.3 Å². The van der Waals surface area contributed by atoms with E-state index in [2.05, 4.69) is 0 Å². The lowest BCUT2D eigenvalue weighted by molar-refractivity contribution is -0.128. The van der Waals surface area contributed by atoms with Gasteiger partial charge in [-0.15, -0.1) is 0 Å². The minimum atomic E-state index is -1.05. The summed E-state index contributed by atoms with van der Waals surface area (Å²) in [7, 11) is 0. The van der Waals surface area contributed by atoms with Crippen LogP contribution in [0, 0.1) is 11.8 Å². The number of carbonyl (C=O) groups excluding carboxylic acids is 2. The van der Waals surface area contributed by atoms with E-state index < -0.39 is 23.5 Å². The number of hydrogen-bond donors (Lipinski definition) is 1. The third-order valence-corrected chi connectivity index (χ3v) is 5.63. The molecular formula is C21H17NO4. The Morgan fingerprint density at radius 2 is 1.65 bits per heavy atom. The highest BCUT2D eigenvalue weighted by atomic mass is 16.5. The Kier molecular flexibility index (Phi) is 3.20. The molecule has 1 N–H and O–H groups in total. The Labute approximate surface area is 150 Å². The van der Waals surface area contributed by atoms with E-state index >= 15 is 0 Å². The van der Waals surface area contributed by atoms with Crippen molar-refractivity contribution in [3.63, 3.8) is 0 Å². The average Bonchev–Trinajstić information content (AvgIpc) is 3.33. The number of nitrogens with zero attached hydrogens (tertiary/aromatic N) is 1. The number of anilines is 1. The van der Waals surface area contributed by atoms with Gasteiger partial charge in [-0.2, -0.15) is 0 Å². The Morgan fingerprint density at radius 1 is 0.962 bits per heavy atom. The van der Waals surface area contributed by atoms with E-state index in [0.717, 1.165) is 11.1 Å². The zero-order valence-electron chi connectivity index (χ0n) is 13.9. The molecule has 0 radical (unpaired) electrons. The van der Waals surface area contributed by atoms with Crippen molar-refractivity contribution in [1.82, 2.24) is 0 Å². The van der Waals surface area contributed by atoms with Crippen LogP contribution in [0.3, 0.4) is 0 Å². The number of carbonyl (C=O) groups is 2. The SMILES string of the molecule is O=C1[C@H]2[C@@H]3C=C[C@@](CO)(O3)[C@@H]2C(=O)N1c1ccc(-c2ccccc2)cc1. The smallest absolute Gasteiger partial charge is 0.241 e. The molecule has 4 atom stereocenters. The third kappa shape index (κ3) is 1.92. The van der Waals surface area contributed by atoms with Crippen LogP contribution in [0.2, 0.25) is 0 Å². The van der Waals surface area contributed by atoms with Crippen molar-refractivity contribution in [2.45, 2.75) is 11.7 Å². The number of fused-ring (bicyclic) bond motifs is 5. The normalized spacial score (nSPS) is 31.7. The van der Waals surface area contributed by atoms with Crippen molar-refractivity contribution in [3.05, 3.63) is 66.7 Å². The maximum atomic E-state index is 13.0. The summed E-state index contributed by atoms with van der Waals surface area (Å²) in [5.41, 5.74) is 1.60. The zero-order valence-corrected chi connectivity index (χ0v) is 13.9. The summed E-state index contributed by atoms with van der Waals surface area (Å²) in [5.74, 6) is -1.75. The number of aliphatic hydroxyl groups excluding tert-OH is 1. The highest BCUT2D eigenvalue weighted by Crippen LogP contribution is 2.52. The van der Waals surface area contributed by atoms with Crippen molar-refractivity contribution in [3.8, 4) is 11.1 Å². The summed E-state index contributed by atoms with van der Waals surface area (Å²) < 4.78 is 5.75. The molecule has 2 fully saturated rings. The molecular weight excluding hydrogens is 330 g/mol. The van der Waals surface area contributed by atoms with Crippen LogP contribution in [0.15, 0.2) is 66.7 Å². The molecule has 0 aromatic heterocycles. The van der Waals surface area contributed by atoms with Crippen molar-refractivity contribution in [1.29, 1.82) is 0 Å². The van der Waals surface area contributed by atoms with Crippen LogP contribution in [0.25, 0.3) is 11.1 Å². The van der Waals surface area contributed by atoms with E-state index in [0.29, 0.717) is 5.69 Å². The van der Waals surface area contributed by atoms with Crippen LogP contribution in [0.5, 0.6) is 0 Å². The van der Waals surface area contributed by atoms with E-state index in [1.54, 1.807) is 24.3 Å². The molecule has 0 spiro atoms. The molecule has 3 heterocycles. The molecule has 0 unspecified atom stereocenters. The van der Waals surface area contributed by atoms with Crippen LogP contribution < -0.4 is 4.90 Å². The summed E-state index contributed by atoms with van der Waals surface area (Å²) in [5, 5.41) is 9.76. The van der Waals surface area contributed by atoms with Crippen LogP contribution in [0.1, 0.15) is 0 Å². The first kappa shape index (κ1) is 15.5. The average molecular weight is 347 g/mol. The van der Waals surface area contributed by atoms with Gasteiger partial charge in [0.25, 0.3) is 0 Å². The number of imide groups is 1. The second kappa shape index (κ2) is 5.37. The first-order valence-electron chi connectivity index (χ1n) is 8.66. The molecule has 2 amide bonds. The van der Waals surface area contributed by atoms with Gasteiger partial charge >= 0.3 is 0 Å². The Bertz CT molecular complexity index is 921. The number of ether oxygens (including phenoxy) is 1. The maximum absolute atomic E-state index is 13.0. The second-order valence-corrected chi connectivity index (χ2v) is 6.98. The maximum Gasteiger partial charge on any atom is 0.241 e. The summed E-state index contributed by atoms with van der Waals surface area (Å²) in [6, 6.07) is 17.3. The summed E-state index contributed by atoms with van der Waals surface area (Å²) in [6.45, 7) is -0.305. The molecule has 26 heavy (non-hydrogen) atoms. The predicted molar refractivity (Wildman–Crippen MR) is 95.2 cm³/mol.